The molecule has 10 heteroatoms. The molecule has 0 radical (unpaired) electrons. The number of ether oxygens (including phenoxy) is 1. The predicted octanol–water partition coefficient (Wildman–Crippen LogP) is 5.34. The molecule has 2 aromatic carbocycles. The first-order valence-electron chi connectivity index (χ1n) is 8.31. The van der Waals surface area contributed by atoms with Crippen molar-refractivity contribution in [3.05, 3.63) is 65.1 Å². The Labute approximate surface area is 166 Å². The van der Waals surface area contributed by atoms with E-state index in [9.17, 15) is 26.7 Å². The Morgan fingerprint density at radius 3 is 2.07 bits per heavy atom. The second kappa shape index (κ2) is 8.24. The molecule has 0 unspecified atom stereocenters. The van der Waals surface area contributed by atoms with Gasteiger partial charge in [0.1, 0.15) is 0 Å². The van der Waals surface area contributed by atoms with Gasteiger partial charge in [0, 0.05) is 6.42 Å². The fourth-order valence-corrected chi connectivity index (χ4v) is 3.37. The number of para-hydroxylation sites is 1. The van der Waals surface area contributed by atoms with Crippen LogP contribution in [0.2, 0.25) is 0 Å². The van der Waals surface area contributed by atoms with Crippen molar-refractivity contribution >= 4 is 17.7 Å². The van der Waals surface area contributed by atoms with Crippen molar-refractivity contribution in [3.63, 3.8) is 0 Å². The summed E-state index contributed by atoms with van der Waals surface area (Å²) in [7, 11) is 0. The lowest BCUT2D eigenvalue weighted by atomic mass is 10.3. The lowest BCUT2D eigenvalue weighted by Crippen LogP contribution is -2.10. The van der Waals surface area contributed by atoms with Crippen molar-refractivity contribution in [2.75, 3.05) is 0 Å². The van der Waals surface area contributed by atoms with Crippen LogP contribution in [0.3, 0.4) is 0 Å². The van der Waals surface area contributed by atoms with E-state index in [-0.39, 0.29) is 34.7 Å². The fourth-order valence-electron chi connectivity index (χ4n) is 2.40. The molecule has 0 amide bonds. The van der Waals surface area contributed by atoms with Crippen LogP contribution in [0.5, 0.6) is 5.88 Å². The van der Waals surface area contributed by atoms with Gasteiger partial charge >= 0.3 is 5.97 Å². The van der Waals surface area contributed by atoms with Crippen LogP contribution in [-0.4, -0.2) is 15.7 Å². The van der Waals surface area contributed by atoms with Gasteiger partial charge < -0.3 is 4.74 Å². The highest BCUT2D eigenvalue weighted by Crippen LogP contribution is 2.42. The zero-order chi connectivity index (χ0) is 21.3. The lowest BCUT2D eigenvalue weighted by molar-refractivity contribution is -0.134. The van der Waals surface area contributed by atoms with Crippen LogP contribution in [-0.2, 0) is 4.79 Å². The Kier molecular flexibility index (Phi) is 5.92. The molecule has 0 spiro atoms. The number of carbonyl (C=O) groups excluding carboxylic acids is 1. The minimum absolute atomic E-state index is 0.00828. The maximum atomic E-state index is 14.1. The first kappa shape index (κ1) is 20.8. The molecular weight excluding hydrogens is 415 g/mol. The number of aromatic nitrogens is 2. The molecule has 0 fully saturated rings. The number of rotatable bonds is 5. The molecule has 0 saturated carbocycles. The lowest BCUT2D eigenvalue weighted by Gasteiger charge is -2.11. The summed E-state index contributed by atoms with van der Waals surface area (Å²) in [6.07, 6.45) is -0.00828. The van der Waals surface area contributed by atoms with Gasteiger partial charge in [0.15, 0.2) is 23.3 Å². The fraction of sp³-hybridized carbons (Fsp3) is 0.158. The Morgan fingerprint density at radius 1 is 0.966 bits per heavy atom. The molecular formula is C19H13F5N2O2S. The normalized spacial score (nSPS) is 11.0. The van der Waals surface area contributed by atoms with Crippen molar-refractivity contribution < 1.29 is 31.5 Å². The van der Waals surface area contributed by atoms with Gasteiger partial charge in [-0.05, 0) is 19.1 Å². The number of halogens is 5. The topological polar surface area (TPSA) is 44.1 Å². The van der Waals surface area contributed by atoms with Gasteiger partial charge in [0.05, 0.1) is 21.2 Å². The van der Waals surface area contributed by atoms with E-state index < -0.39 is 40.0 Å². The standard InChI is InChI=1S/C19H13F5N2O2S/c1-3-11(27)28-19-17(9(2)25-26(19)10-7-5-4-6-8-10)29-18-15(23)13(21)12(20)14(22)16(18)24/h4-8H,3H2,1-2H3. The van der Waals surface area contributed by atoms with E-state index >= 15 is 0 Å². The highest BCUT2D eigenvalue weighted by molar-refractivity contribution is 7.99. The summed E-state index contributed by atoms with van der Waals surface area (Å²) >= 11 is 0.242. The van der Waals surface area contributed by atoms with Crippen LogP contribution in [0.1, 0.15) is 19.0 Å². The second-order valence-corrected chi connectivity index (χ2v) is 6.82. The first-order chi connectivity index (χ1) is 13.8. The van der Waals surface area contributed by atoms with Crippen LogP contribution in [0, 0.1) is 36.0 Å². The summed E-state index contributed by atoms with van der Waals surface area (Å²) in [5, 5.41) is 4.20. The van der Waals surface area contributed by atoms with E-state index in [1.807, 2.05) is 0 Å². The zero-order valence-corrected chi connectivity index (χ0v) is 15.9. The van der Waals surface area contributed by atoms with Crippen LogP contribution in [0.4, 0.5) is 22.0 Å². The minimum atomic E-state index is -2.25. The molecule has 0 bridgehead atoms. The van der Waals surface area contributed by atoms with E-state index in [0.29, 0.717) is 5.69 Å². The molecule has 0 N–H and O–H groups in total. The third-order valence-electron chi connectivity index (χ3n) is 3.84. The average molecular weight is 428 g/mol. The summed E-state index contributed by atoms with van der Waals surface area (Å²) in [5.74, 6) is -11.2. The molecule has 0 aliphatic rings. The molecule has 4 nitrogen and oxygen atoms in total. The number of aryl methyl sites for hydroxylation is 1. The van der Waals surface area contributed by atoms with Crippen molar-refractivity contribution in [3.8, 4) is 11.6 Å². The van der Waals surface area contributed by atoms with Crippen molar-refractivity contribution in [2.45, 2.75) is 30.1 Å². The van der Waals surface area contributed by atoms with Crippen molar-refractivity contribution in [1.29, 1.82) is 0 Å². The van der Waals surface area contributed by atoms with Gasteiger partial charge in [0.2, 0.25) is 11.7 Å². The molecule has 29 heavy (non-hydrogen) atoms. The number of carbonyl (C=O) groups is 1. The molecule has 0 saturated heterocycles. The monoisotopic (exact) mass is 428 g/mol. The third-order valence-corrected chi connectivity index (χ3v) is 5.08. The maximum absolute atomic E-state index is 14.1. The molecule has 3 rings (SSSR count). The highest BCUT2D eigenvalue weighted by atomic mass is 32.2. The number of benzene rings is 2. The van der Waals surface area contributed by atoms with Crippen molar-refractivity contribution in [2.24, 2.45) is 0 Å². The van der Waals surface area contributed by atoms with Crippen LogP contribution >= 0.6 is 11.8 Å². The van der Waals surface area contributed by atoms with Crippen LogP contribution in [0.15, 0.2) is 40.1 Å². The number of esters is 1. The zero-order valence-electron chi connectivity index (χ0n) is 15.1. The van der Waals surface area contributed by atoms with Crippen molar-refractivity contribution in [1.82, 2.24) is 9.78 Å². The SMILES string of the molecule is CCC(=O)Oc1c(Sc2c(F)c(F)c(F)c(F)c2F)c(C)nn1-c1ccccc1. The maximum Gasteiger partial charge on any atom is 0.312 e. The molecule has 0 aliphatic carbocycles. The van der Waals surface area contributed by atoms with E-state index in [4.69, 9.17) is 4.74 Å². The third kappa shape index (κ3) is 3.84. The summed E-state index contributed by atoms with van der Waals surface area (Å²) in [6, 6.07) is 8.40. The molecule has 0 atom stereocenters. The van der Waals surface area contributed by atoms with Crippen LogP contribution in [0.25, 0.3) is 5.69 Å². The summed E-state index contributed by atoms with van der Waals surface area (Å²) in [4.78, 5) is 10.7. The molecule has 0 aliphatic heterocycles. The number of hydrogen-bond acceptors (Lipinski definition) is 4. The van der Waals surface area contributed by atoms with E-state index in [1.165, 1.54) is 18.5 Å². The summed E-state index contributed by atoms with van der Waals surface area (Å²) < 4.78 is 75.2. The minimum Gasteiger partial charge on any atom is -0.406 e. The Balaban J connectivity index is 2.18. The molecule has 1 heterocycles. The Hall–Kier alpha value is -2.88. The quantitative estimate of drug-likeness (QED) is 0.238. The summed E-state index contributed by atoms with van der Waals surface area (Å²) in [5.41, 5.74) is 0.639. The van der Waals surface area contributed by atoms with Gasteiger partial charge in [-0.1, -0.05) is 36.9 Å². The largest absolute Gasteiger partial charge is 0.406 e. The van der Waals surface area contributed by atoms with Gasteiger partial charge in [0.25, 0.3) is 0 Å². The van der Waals surface area contributed by atoms with Gasteiger partial charge in [-0.15, -0.1) is 0 Å². The molecule has 1 aromatic heterocycles. The van der Waals surface area contributed by atoms with E-state index in [1.54, 1.807) is 30.3 Å². The van der Waals surface area contributed by atoms with Crippen LogP contribution < -0.4 is 4.74 Å². The van der Waals surface area contributed by atoms with Gasteiger partial charge in [-0.25, -0.2) is 22.0 Å². The smallest absolute Gasteiger partial charge is 0.312 e. The second-order valence-electron chi connectivity index (χ2n) is 5.80. The summed E-state index contributed by atoms with van der Waals surface area (Å²) in [6.45, 7) is 2.99. The number of nitrogens with zero attached hydrogens (tertiary/aromatic N) is 2. The highest BCUT2D eigenvalue weighted by Gasteiger charge is 2.29. The average Bonchev–Trinajstić information content (AvgIpc) is 3.03. The Bertz CT molecular complexity index is 1060. The number of hydrogen-bond donors (Lipinski definition) is 0. The van der Waals surface area contributed by atoms with Gasteiger partial charge in [-0.2, -0.15) is 9.78 Å². The first-order valence-corrected chi connectivity index (χ1v) is 9.12. The van der Waals surface area contributed by atoms with Gasteiger partial charge in [-0.3, -0.25) is 4.79 Å². The molecule has 3 aromatic rings. The molecule has 152 valence electrons. The Morgan fingerprint density at radius 2 is 1.52 bits per heavy atom. The predicted molar refractivity (Wildman–Crippen MR) is 94.6 cm³/mol. The van der Waals surface area contributed by atoms with E-state index in [2.05, 4.69) is 5.10 Å². The van der Waals surface area contributed by atoms with E-state index in [0.717, 1.165) is 0 Å².